The summed E-state index contributed by atoms with van der Waals surface area (Å²) in [6.07, 6.45) is 1.74. The van der Waals surface area contributed by atoms with Crippen LogP contribution in [-0.2, 0) is 6.54 Å². The van der Waals surface area contributed by atoms with Gasteiger partial charge in [0.1, 0.15) is 0 Å². The van der Waals surface area contributed by atoms with E-state index in [0.717, 1.165) is 10.0 Å². The molecule has 0 unspecified atom stereocenters. The Bertz CT molecular complexity index is 1100. The SMILES string of the molecule is C=CCn1c(SCC(=O)c2ccc(Br)cc2)nnc1[C@@H](C)NC(=O)c1ccccc1C. The number of aromatic nitrogens is 3. The van der Waals surface area contributed by atoms with Crippen LogP contribution in [0.5, 0.6) is 0 Å². The van der Waals surface area contributed by atoms with E-state index in [1.54, 1.807) is 24.3 Å². The Morgan fingerprint density at radius 3 is 2.58 bits per heavy atom. The Balaban J connectivity index is 1.72. The van der Waals surface area contributed by atoms with E-state index in [2.05, 4.69) is 38.0 Å². The predicted octanol–water partition coefficient (Wildman–Crippen LogP) is 5.00. The van der Waals surface area contributed by atoms with Crippen LogP contribution in [0.3, 0.4) is 0 Å². The van der Waals surface area contributed by atoms with Gasteiger partial charge < -0.3 is 9.88 Å². The van der Waals surface area contributed by atoms with Crippen molar-refractivity contribution in [1.29, 1.82) is 0 Å². The van der Waals surface area contributed by atoms with Crippen LogP contribution in [0.25, 0.3) is 0 Å². The number of hydrogen-bond acceptors (Lipinski definition) is 5. The molecule has 0 aliphatic rings. The molecular weight excluding hydrogens is 476 g/mol. The Labute approximate surface area is 194 Å². The fraction of sp³-hybridized carbons (Fsp3) is 0.217. The minimum absolute atomic E-state index is 0.00751. The maximum Gasteiger partial charge on any atom is 0.252 e. The Hall–Kier alpha value is -2.71. The number of aryl methyl sites for hydroxylation is 1. The predicted molar refractivity (Wildman–Crippen MR) is 126 cm³/mol. The average molecular weight is 499 g/mol. The fourth-order valence-electron chi connectivity index (χ4n) is 3.04. The molecular formula is C23H23BrN4O2S. The maximum absolute atomic E-state index is 12.7. The molecule has 0 aliphatic heterocycles. The van der Waals surface area contributed by atoms with Gasteiger partial charge in [0.2, 0.25) is 0 Å². The van der Waals surface area contributed by atoms with Crippen LogP contribution in [0.2, 0.25) is 0 Å². The van der Waals surface area contributed by atoms with Crippen LogP contribution in [-0.4, -0.2) is 32.2 Å². The summed E-state index contributed by atoms with van der Waals surface area (Å²) < 4.78 is 2.80. The third-order valence-corrected chi connectivity index (χ3v) is 6.18. The summed E-state index contributed by atoms with van der Waals surface area (Å²) >= 11 is 4.69. The number of Topliss-reactive ketones (excluding diaryl/α,β-unsaturated/α-hetero) is 1. The highest BCUT2D eigenvalue weighted by Gasteiger charge is 2.21. The van der Waals surface area contributed by atoms with Crippen molar-refractivity contribution in [3.05, 3.63) is 88.2 Å². The van der Waals surface area contributed by atoms with Crippen molar-refractivity contribution in [3.8, 4) is 0 Å². The van der Waals surface area contributed by atoms with Crippen molar-refractivity contribution in [3.63, 3.8) is 0 Å². The highest BCUT2D eigenvalue weighted by atomic mass is 79.9. The molecule has 160 valence electrons. The zero-order chi connectivity index (χ0) is 22.4. The Morgan fingerprint density at radius 1 is 1.19 bits per heavy atom. The molecule has 0 bridgehead atoms. The molecule has 31 heavy (non-hydrogen) atoms. The first kappa shape index (κ1) is 23.0. The molecule has 0 radical (unpaired) electrons. The number of thioether (sulfide) groups is 1. The van der Waals surface area contributed by atoms with Crippen molar-refractivity contribution in [2.24, 2.45) is 0 Å². The molecule has 3 rings (SSSR count). The normalized spacial score (nSPS) is 11.7. The van der Waals surface area contributed by atoms with Crippen molar-refractivity contribution in [1.82, 2.24) is 20.1 Å². The number of hydrogen-bond donors (Lipinski definition) is 1. The molecule has 8 heteroatoms. The van der Waals surface area contributed by atoms with Crippen LogP contribution in [0.15, 0.2) is 70.8 Å². The average Bonchev–Trinajstić information content (AvgIpc) is 3.15. The quantitative estimate of drug-likeness (QED) is 0.255. The van der Waals surface area contributed by atoms with Gasteiger partial charge in [-0.2, -0.15) is 0 Å². The van der Waals surface area contributed by atoms with Gasteiger partial charge in [0.05, 0.1) is 11.8 Å². The first-order valence-electron chi connectivity index (χ1n) is 9.72. The summed E-state index contributed by atoms with van der Waals surface area (Å²) in [4.78, 5) is 25.2. The van der Waals surface area contributed by atoms with E-state index in [1.165, 1.54) is 11.8 Å². The van der Waals surface area contributed by atoms with Gasteiger partial charge in [-0.15, -0.1) is 16.8 Å². The zero-order valence-corrected chi connectivity index (χ0v) is 19.7. The summed E-state index contributed by atoms with van der Waals surface area (Å²) in [6, 6.07) is 14.3. The molecule has 0 aliphatic carbocycles. The van der Waals surface area contributed by atoms with Gasteiger partial charge >= 0.3 is 0 Å². The molecule has 1 aromatic heterocycles. The molecule has 6 nitrogen and oxygen atoms in total. The third kappa shape index (κ3) is 5.71. The second-order valence-electron chi connectivity index (χ2n) is 6.97. The largest absolute Gasteiger partial charge is 0.342 e. The van der Waals surface area contributed by atoms with E-state index in [-0.39, 0.29) is 23.5 Å². The number of allylic oxidation sites excluding steroid dienone is 1. The number of rotatable bonds is 9. The van der Waals surface area contributed by atoms with Gasteiger partial charge in [-0.1, -0.05) is 64.1 Å². The highest BCUT2D eigenvalue weighted by molar-refractivity contribution is 9.10. The number of amides is 1. The van der Waals surface area contributed by atoms with E-state index in [1.807, 2.05) is 48.7 Å². The van der Waals surface area contributed by atoms with E-state index in [4.69, 9.17) is 0 Å². The van der Waals surface area contributed by atoms with Crippen molar-refractivity contribution in [2.75, 3.05) is 5.75 Å². The van der Waals surface area contributed by atoms with Crippen LogP contribution < -0.4 is 5.32 Å². The molecule has 1 N–H and O–H groups in total. The van der Waals surface area contributed by atoms with Gasteiger partial charge in [0.15, 0.2) is 16.8 Å². The lowest BCUT2D eigenvalue weighted by Crippen LogP contribution is -2.29. The third-order valence-electron chi connectivity index (χ3n) is 4.68. The minimum Gasteiger partial charge on any atom is -0.342 e. The van der Waals surface area contributed by atoms with Crippen LogP contribution in [0.4, 0.5) is 0 Å². The van der Waals surface area contributed by atoms with Gasteiger partial charge in [-0.05, 0) is 37.6 Å². The number of nitrogens with one attached hydrogen (secondary N) is 1. The van der Waals surface area contributed by atoms with E-state index < -0.39 is 0 Å². The lowest BCUT2D eigenvalue weighted by atomic mass is 10.1. The number of nitrogens with zero attached hydrogens (tertiary/aromatic N) is 3. The molecule has 0 fully saturated rings. The lowest BCUT2D eigenvalue weighted by molar-refractivity contribution is 0.0936. The van der Waals surface area contributed by atoms with E-state index >= 15 is 0 Å². The summed E-state index contributed by atoms with van der Waals surface area (Å²) in [7, 11) is 0. The molecule has 1 amide bonds. The molecule has 2 aromatic carbocycles. The van der Waals surface area contributed by atoms with Crippen molar-refractivity contribution >= 4 is 39.4 Å². The molecule has 0 saturated heterocycles. The fourth-order valence-corrected chi connectivity index (χ4v) is 4.16. The lowest BCUT2D eigenvalue weighted by Gasteiger charge is -2.16. The van der Waals surface area contributed by atoms with Crippen molar-refractivity contribution in [2.45, 2.75) is 31.6 Å². The van der Waals surface area contributed by atoms with Gasteiger partial charge in [0, 0.05) is 22.1 Å². The number of carbonyl (C=O) groups is 2. The van der Waals surface area contributed by atoms with Crippen LogP contribution in [0, 0.1) is 6.92 Å². The van der Waals surface area contributed by atoms with Crippen LogP contribution >= 0.6 is 27.7 Å². The summed E-state index contributed by atoms with van der Waals surface area (Å²) in [5.41, 5.74) is 2.17. The van der Waals surface area contributed by atoms with E-state index in [0.29, 0.717) is 28.7 Å². The maximum atomic E-state index is 12.7. The number of halogens is 1. The molecule has 0 spiro atoms. The molecule has 0 saturated carbocycles. The number of ketones is 1. The topological polar surface area (TPSA) is 76.9 Å². The number of benzene rings is 2. The highest BCUT2D eigenvalue weighted by Crippen LogP contribution is 2.23. The second kappa shape index (κ2) is 10.5. The van der Waals surface area contributed by atoms with Crippen LogP contribution in [0.1, 0.15) is 45.1 Å². The minimum atomic E-state index is -0.365. The Morgan fingerprint density at radius 2 is 1.90 bits per heavy atom. The van der Waals surface area contributed by atoms with Crippen molar-refractivity contribution < 1.29 is 9.59 Å². The first-order chi connectivity index (χ1) is 14.9. The van der Waals surface area contributed by atoms with Gasteiger partial charge in [-0.25, -0.2) is 0 Å². The summed E-state index contributed by atoms with van der Waals surface area (Å²) in [6.45, 7) is 8.04. The number of carbonyl (C=O) groups excluding carboxylic acids is 2. The Kier molecular flexibility index (Phi) is 7.81. The molecule has 3 aromatic rings. The van der Waals surface area contributed by atoms with Gasteiger partial charge in [0.25, 0.3) is 5.91 Å². The molecule has 1 heterocycles. The second-order valence-corrected chi connectivity index (χ2v) is 8.83. The summed E-state index contributed by atoms with van der Waals surface area (Å²) in [5, 5.41) is 12.1. The monoisotopic (exact) mass is 498 g/mol. The zero-order valence-electron chi connectivity index (χ0n) is 17.3. The molecule has 1 atom stereocenters. The first-order valence-corrected chi connectivity index (χ1v) is 11.5. The summed E-state index contributed by atoms with van der Waals surface area (Å²) in [5.74, 6) is 0.688. The smallest absolute Gasteiger partial charge is 0.252 e. The standard InChI is InChI=1S/C23H23BrN4O2S/c1-4-13-28-21(16(3)25-22(30)19-8-6-5-7-15(19)2)26-27-23(28)31-14-20(29)17-9-11-18(24)12-10-17/h4-12,16H,1,13-14H2,2-3H3,(H,25,30)/t16-/m1/s1. The van der Waals surface area contributed by atoms with E-state index in [9.17, 15) is 9.59 Å². The van der Waals surface area contributed by atoms with Gasteiger partial charge in [-0.3, -0.25) is 9.59 Å².